The maximum Gasteiger partial charge on any atom is 0.244 e. The average molecular weight is 234 g/mol. The SMILES string of the molecule is CCC=C(C)C(N)=O.CCNc1ccccc1. The Balaban J connectivity index is 0.000000304. The summed E-state index contributed by atoms with van der Waals surface area (Å²) in [5.74, 6) is -0.327. The molecule has 0 aromatic heterocycles. The van der Waals surface area contributed by atoms with E-state index in [-0.39, 0.29) is 5.91 Å². The fraction of sp³-hybridized carbons (Fsp3) is 0.357. The van der Waals surface area contributed by atoms with E-state index in [0.29, 0.717) is 5.57 Å². The zero-order valence-corrected chi connectivity index (χ0v) is 10.9. The number of allylic oxidation sites excluding steroid dienone is 1. The minimum atomic E-state index is -0.327. The van der Waals surface area contributed by atoms with Gasteiger partial charge in [-0.2, -0.15) is 0 Å². The Morgan fingerprint density at radius 1 is 1.29 bits per heavy atom. The van der Waals surface area contributed by atoms with Gasteiger partial charge in [0, 0.05) is 17.8 Å². The van der Waals surface area contributed by atoms with Crippen molar-refractivity contribution in [3.05, 3.63) is 42.0 Å². The summed E-state index contributed by atoms with van der Waals surface area (Å²) in [6.45, 7) is 6.76. The summed E-state index contributed by atoms with van der Waals surface area (Å²) in [4.78, 5) is 10.2. The molecule has 1 aromatic rings. The van der Waals surface area contributed by atoms with Crippen molar-refractivity contribution in [3.63, 3.8) is 0 Å². The van der Waals surface area contributed by atoms with E-state index in [4.69, 9.17) is 5.73 Å². The van der Waals surface area contributed by atoms with Crippen LogP contribution in [0.3, 0.4) is 0 Å². The smallest absolute Gasteiger partial charge is 0.244 e. The summed E-state index contributed by atoms with van der Waals surface area (Å²) >= 11 is 0. The third-order valence-electron chi connectivity index (χ3n) is 2.05. The number of amides is 1. The molecule has 0 atom stereocenters. The van der Waals surface area contributed by atoms with Gasteiger partial charge in [-0.15, -0.1) is 0 Å². The topological polar surface area (TPSA) is 55.1 Å². The number of carbonyl (C=O) groups is 1. The van der Waals surface area contributed by atoms with Crippen molar-refractivity contribution < 1.29 is 4.79 Å². The van der Waals surface area contributed by atoms with Crippen LogP contribution in [-0.2, 0) is 4.79 Å². The fourth-order valence-corrected chi connectivity index (χ4v) is 1.17. The average Bonchev–Trinajstić information content (AvgIpc) is 2.32. The molecule has 0 spiro atoms. The lowest BCUT2D eigenvalue weighted by Crippen LogP contribution is -2.11. The van der Waals surface area contributed by atoms with Crippen LogP contribution in [-0.4, -0.2) is 12.5 Å². The largest absolute Gasteiger partial charge is 0.385 e. The summed E-state index contributed by atoms with van der Waals surface area (Å²) in [6, 6.07) is 10.2. The molecule has 0 aliphatic rings. The lowest BCUT2D eigenvalue weighted by Gasteiger charge is -1.99. The van der Waals surface area contributed by atoms with Gasteiger partial charge in [0.1, 0.15) is 0 Å². The Hall–Kier alpha value is -1.77. The molecule has 3 heteroatoms. The number of nitrogens with two attached hydrogens (primary N) is 1. The van der Waals surface area contributed by atoms with Crippen LogP contribution in [0.2, 0.25) is 0 Å². The van der Waals surface area contributed by atoms with Gasteiger partial charge in [-0.25, -0.2) is 0 Å². The van der Waals surface area contributed by atoms with Crippen molar-refractivity contribution in [2.75, 3.05) is 11.9 Å². The Kier molecular flexibility index (Phi) is 8.47. The first-order valence-corrected chi connectivity index (χ1v) is 5.87. The number of primary amides is 1. The van der Waals surface area contributed by atoms with Crippen LogP contribution in [0.4, 0.5) is 5.69 Å². The van der Waals surface area contributed by atoms with Gasteiger partial charge < -0.3 is 11.1 Å². The Bertz CT molecular complexity index is 344. The summed E-state index contributed by atoms with van der Waals surface area (Å²) < 4.78 is 0. The first kappa shape index (κ1) is 15.2. The highest BCUT2D eigenvalue weighted by atomic mass is 16.1. The Morgan fingerprint density at radius 2 is 1.88 bits per heavy atom. The number of carbonyl (C=O) groups excluding carboxylic acids is 1. The van der Waals surface area contributed by atoms with Crippen LogP contribution in [0.25, 0.3) is 0 Å². The monoisotopic (exact) mass is 234 g/mol. The summed E-state index contributed by atoms with van der Waals surface area (Å²) in [5, 5.41) is 3.21. The molecular weight excluding hydrogens is 212 g/mol. The van der Waals surface area contributed by atoms with Crippen LogP contribution in [0.5, 0.6) is 0 Å². The number of anilines is 1. The van der Waals surface area contributed by atoms with Crippen LogP contribution in [0.1, 0.15) is 27.2 Å². The normalized spacial score (nSPS) is 10.2. The quantitative estimate of drug-likeness (QED) is 0.787. The van der Waals surface area contributed by atoms with Gasteiger partial charge in [-0.3, -0.25) is 4.79 Å². The zero-order valence-electron chi connectivity index (χ0n) is 10.9. The molecule has 0 radical (unpaired) electrons. The molecule has 3 N–H and O–H groups in total. The molecule has 0 unspecified atom stereocenters. The van der Waals surface area contributed by atoms with Crippen LogP contribution in [0, 0.1) is 0 Å². The highest BCUT2D eigenvalue weighted by Crippen LogP contribution is 2.02. The lowest BCUT2D eigenvalue weighted by molar-refractivity contribution is -0.114. The molecule has 94 valence electrons. The van der Waals surface area contributed by atoms with Gasteiger partial charge in [0.15, 0.2) is 0 Å². The summed E-state index contributed by atoms with van der Waals surface area (Å²) in [5.41, 5.74) is 6.76. The van der Waals surface area contributed by atoms with Crippen LogP contribution >= 0.6 is 0 Å². The van der Waals surface area contributed by atoms with Gasteiger partial charge in [0.25, 0.3) is 0 Å². The lowest BCUT2D eigenvalue weighted by atomic mass is 10.2. The molecule has 1 amide bonds. The van der Waals surface area contributed by atoms with E-state index in [1.807, 2.05) is 31.2 Å². The number of para-hydroxylation sites is 1. The van der Waals surface area contributed by atoms with Gasteiger partial charge in [0.05, 0.1) is 0 Å². The van der Waals surface area contributed by atoms with Crippen molar-refractivity contribution >= 4 is 11.6 Å². The third kappa shape index (κ3) is 8.08. The molecule has 17 heavy (non-hydrogen) atoms. The number of rotatable bonds is 4. The van der Waals surface area contributed by atoms with E-state index in [2.05, 4.69) is 24.4 Å². The Labute approximate surface area is 104 Å². The van der Waals surface area contributed by atoms with E-state index in [1.54, 1.807) is 6.92 Å². The molecule has 3 nitrogen and oxygen atoms in total. The summed E-state index contributed by atoms with van der Waals surface area (Å²) in [6.07, 6.45) is 2.68. The van der Waals surface area contributed by atoms with E-state index in [1.165, 1.54) is 5.69 Å². The van der Waals surface area contributed by atoms with Crippen molar-refractivity contribution in [1.82, 2.24) is 0 Å². The molecule has 1 aromatic carbocycles. The zero-order chi connectivity index (χ0) is 13.1. The van der Waals surface area contributed by atoms with E-state index >= 15 is 0 Å². The van der Waals surface area contributed by atoms with E-state index < -0.39 is 0 Å². The summed E-state index contributed by atoms with van der Waals surface area (Å²) in [7, 11) is 0. The highest BCUT2D eigenvalue weighted by Gasteiger charge is 1.91. The van der Waals surface area contributed by atoms with Crippen molar-refractivity contribution in [1.29, 1.82) is 0 Å². The Morgan fingerprint density at radius 3 is 2.24 bits per heavy atom. The molecular formula is C14H22N2O. The fourth-order valence-electron chi connectivity index (χ4n) is 1.17. The standard InChI is InChI=1S/C8H11N.C6H11NO/c1-2-9-8-6-4-3-5-7-8;1-3-4-5(2)6(7)8/h3-7,9H,2H2,1H3;4H,3H2,1-2H3,(H2,7,8). The van der Waals surface area contributed by atoms with Crippen LogP contribution < -0.4 is 11.1 Å². The van der Waals surface area contributed by atoms with Gasteiger partial charge in [-0.1, -0.05) is 31.2 Å². The van der Waals surface area contributed by atoms with Crippen molar-refractivity contribution in [2.24, 2.45) is 5.73 Å². The van der Waals surface area contributed by atoms with Gasteiger partial charge in [-0.05, 0) is 32.4 Å². The molecule has 0 saturated heterocycles. The number of hydrogen-bond acceptors (Lipinski definition) is 2. The van der Waals surface area contributed by atoms with Gasteiger partial charge >= 0.3 is 0 Å². The number of benzene rings is 1. The minimum absolute atomic E-state index is 0.327. The molecule has 1 rings (SSSR count). The predicted molar refractivity (Wildman–Crippen MR) is 73.8 cm³/mol. The van der Waals surface area contributed by atoms with Crippen LogP contribution in [0.15, 0.2) is 42.0 Å². The second-order valence-corrected chi connectivity index (χ2v) is 3.56. The predicted octanol–water partition coefficient (Wildman–Crippen LogP) is 2.95. The molecule has 0 bridgehead atoms. The first-order chi connectivity index (χ1) is 8.11. The molecule has 0 heterocycles. The highest BCUT2D eigenvalue weighted by molar-refractivity contribution is 5.91. The number of hydrogen-bond donors (Lipinski definition) is 2. The minimum Gasteiger partial charge on any atom is -0.385 e. The molecule has 0 saturated carbocycles. The molecule has 0 fully saturated rings. The second-order valence-electron chi connectivity index (χ2n) is 3.56. The van der Waals surface area contributed by atoms with Crippen molar-refractivity contribution in [2.45, 2.75) is 27.2 Å². The van der Waals surface area contributed by atoms with E-state index in [9.17, 15) is 4.79 Å². The number of nitrogens with one attached hydrogen (secondary N) is 1. The van der Waals surface area contributed by atoms with Gasteiger partial charge in [0.2, 0.25) is 5.91 Å². The molecule has 0 aliphatic carbocycles. The third-order valence-corrected chi connectivity index (χ3v) is 2.05. The maximum absolute atomic E-state index is 10.2. The van der Waals surface area contributed by atoms with E-state index in [0.717, 1.165) is 13.0 Å². The van der Waals surface area contributed by atoms with Crippen molar-refractivity contribution in [3.8, 4) is 0 Å². The maximum atomic E-state index is 10.2. The molecule has 0 aliphatic heterocycles. The second kappa shape index (κ2) is 9.46. The first-order valence-electron chi connectivity index (χ1n) is 5.87.